The summed E-state index contributed by atoms with van der Waals surface area (Å²) < 4.78 is 51.1. The normalized spacial score (nSPS) is 12.1. The van der Waals surface area contributed by atoms with Crippen LogP contribution in [0.25, 0.3) is 0 Å². The maximum absolute atomic E-state index is 12.1. The molecule has 15 heavy (non-hydrogen) atoms. The Balaban J connectivity index is 3.18. The number of hydrogen-bond acceptors (Lipinski definition) is 4. The average molecular weight is 261 g/mol. The van der Waals surface area contributed by atoms with Crippen LogP contribution in [0.15, 0.2) is 5.03 Å². The van der Waals surface area contributed by atoms with Crippen molar-refractivity contribution in [2.75, 3.05) is 6.61 Å². The summed E-state index contributed by atoms with van der Waals surface area (Å²) >= 11 is 5.50. The van der Waals surface area contributed by atoms with E-state index in [0.29, 0.717) is 0 Å². The first-order valence-electron chi connectivity index (χ1n) is 3.80. The topological polar surface area (TPSA) is 72.0 Å². The first-order chi connectivity index (χ1) is 6.91. The van der Waals surface area contributed by atoms with Gasteiger partial charge in [-0.05, 0) is 6.92 Å². The predicted octanol–water partition coefficient (Wildman–Crippen LogP) is 1.46. The van der Waals surface area contributed by atoms with Gasteiger partial charge in [0.2, 0.25) is 0 Å². The monoisotopic (exact) mass is 260 g/mol. The van der Waals surface area contributed by atoms with Crippen molar-refractivity contribution in [2.24, 2.45) is 0 Å². The van der Waals surface area contributed by atoms with E-state index in [1.165, 1.54) is 0 Å². The van der Waals surface area contributed by atoms with Crippen LogP contribution in [0, 0.1) is 0 Å². The van der Waals surface area contributed by atoms with E-state index in [1.54, 1.807) is 6.92 Å². The van der Waals surface area contributed by atoms with Crippen LogP contribution in [0.3, 0.4) is 0 Å². The Bertz CT molecular complexity index is 445. The van der Waals surface area contributed by atoms with E-state index in [-0.39, 0.29) is 12.5 Å². The van der Waals surface area contributed by atoms with E-state index in [9.17, 15) is 17.2 Å². The van der Waals surface area contributed by atoms with Gasteiger partial charge in [-0.1, -0.05) is 11.6 Å². The lowest BCUT2D eigenvalue weighted by atomic mass is 10.7. The average Bonchev–Trinajstić information content (AvgIpc) is 2.49. The summed E-state index contributed by atoms with van der Waals surface area (Å²) in [6.45, 7) is 1.81. The number of nitrogens with one attached hydrogen (secondary N) is 1. The highest BCUT2D eigenvalue weighted by molar-refractivity contribution is 7.91. The van der Waals surface area contributed by atoms with E-state index >= 15 is 0 Å². The van der Waals surface area contributed by atoms with Crippen molar-refractivity contribution < 1.29 is 21.9 Å². The van der Waals surface area contributed by atoms with E-state index in [1.807, 2.05) is 5.10 Å². The predicted molar refractivity (Wildman–Crippen MR) is 48.0 cm³/mol. The lowest BCUT2D eigenvalue weighted by Gasteiger charge is -2.00. The van der Waals surface area contributed by atoms with Crippen molar-refractivity contribution in [1.29, 1.82) is 0 Å². The highest BCUT2D eigenvalue weighted by Gasteiger charge is 2.32. The van der Waals surface area contributed by atoms with E-state index in [2.05, 4.69) is 5.10 Å². The molecule has 0 bridgehead atoms. The zero-order chi connectivity index (χ0) is 11.6. The molecule has 0 unspecified atom stereocenters. The van der Waals surface area contributed by atoms with Gasteiger partial charge in [0.15, 0.2) is 5.03 Å². The largest absolute Gasteiger partial charge is 0.476 e. The Kier molecular flexibility index (Phi) is 3.50. The van der Waals surface area contributed by atoms with Gasteiger partial charge in [0.25, 0.3) is 15.7 Å². The first kappa shape index (κ1) is 12.2. The maximum Gasteiger partial charge on any atom is 0.342 e. The van der Waals surface area contributed by atoms with Crippen molar-refractivity contribution in [3.63, 3.8) is 0 Å². The number of rotatable bonds is 4. The third-order valence-corrected chi connectivity index (χ3v) is 3.24. The summed E-state index contributed by atoms with van der Waals surface area (Å²) in [5.74, 6) is -3.76. The number of hydrogen-bond donors (Lipinski definition) is 1. The minimum Gasteiger partial charge on any atom is -0.476 e. The summed E-state index contributed by atoms with van der Waals surface area (Å²) in [6, 6.07) is 0. The highest BCUT2D eigenvalue weighted by Crippen LogP contribution is 2.31. The van der Waals surface area contributed by atoms with Crippen LogP contribution in [0.1, 0.15) is 6.92 Å². The number of aromatic amines is 1. The fourth-order valence-corrected chi connectivity index (χ4v) is 1.96. The fourth-order valence-electron chi connectivity index (χ4n) is 0.807. The molecule has 0 aliphatic carbocycles. The van der Waals surface area contributed by atoms with Gasteiger partial charge < -0.3 is 4.74 Å². The molecule has 0 saturated heterocycles. The number of alkyl halides is 2. The quantitative estimate of drug-likeness (QED) is 0.890. The van der Waals surface area contributed by atoms with Crippen molar-refractivity contribution in [3.05, 3.63) is 5.02 Å². The molecule has 0 spiro atoms. The molecule has 0 radical (unpaired) electrons. The second-order valence-electron chi connectivity index (χ2n) is 2.41. The SMILES string of the molecule is CCOc1n[nH]c(S(=O)(=O)C(F)F)c1Cl. The van der Waals surface area contributed by atoms with Crippen LogP contribution in [0.5, 0.6) is 5.88 Å². The Labute approximate surface area is 89.3 Å². The van der Waals surface area contributed by atoms with Crippen LogP contribution in [0.4, 0.5) is 8.78 Å². The molecule has 0 fully saturated rings. The molecule has 0 atom stereocenters. The molecule has 0 saturated carbocycles. The fraction of sp³-hybridized carbons (Fsp3) is 0.500. The second-order valence-corrected chi connectivity index (χ2v) is 4.64. The Morgan fingerprint density at radius 2 is 2.20 bits per heavy atom. The molecule has 1 rings (SSSR count). The van der Waals surface area contributed by atoms with Gasteiger partial charge >= 0.3 is 5.76 Å². The lowest BCUT2D eigenvalue weighted by molar-refractivity contribution is 0.234. The van der Waals surface area contributed by atoms with Gasteiger partial charge in [-0.3, -0.25) is 5.10 Å². The van der Waals surface area contributed by atoms with Crippen molar-refractivity contribution in [3.8, 4) is 5.88 Å². The maximum atomic E-state index is 12.1. The molecule has 86 valence electrons. The van der Waals surface area contributed by atoms with Crippen LogP contribution in [-0.2, 0) is 9.84 Å². The molecule has 0 amide bonds. The molecule has 1 aromatic rings. The summed E-state index contributed by atoms with van der Waals surface area (Å²) in [4.78, 5) is 0. The molecule has 5 nitrogen and oxygen atoms in total. The summed E-state index contributed by atoms with van der Waals surface area (Å²) in [6.07, 6.45) is 0. The minimum atomic E-state index is -4.77. The van der Waals surface area contributed by atoms with Crippen molar-refractivity contribution in [2.45, 2.75) is 17.7 Å². The van der Waals surface area contributed by atoms with Crippen LogP contribution in [0.2, 0.25) is 5.02 Å². The smallest absolute Gasteiger partial charge is 0.342 e. The third-order valence-electron chi connectivity index (χ3n) is 1.45. The number of aromatic nitrogens is 2. The van der Waals surface area contributed by atoms with Crippen molar-refractivity contribution in [1.82, 2.24) is 10.2 Å². The molecular weight excluding hydrogens is 254 g/mol. The van der Waals surface area contributed by atoms with Gasteiger partial charge in [0.1, 0.15) is 5.02 Å². The van der Waals surface area contributed by atoms with Gasteiger partial charge in [-0.15, -0.1) is 5.10 Å². The van der Waals surface area contributed by atoms with Crippen LogP contribution < -0.4 is 4.74 Å². The molecule has 1 aromatic heterocycles. The third kappa shape index (κ3) is 2.20. The van der Waals surface area contributed by atoms with Crippen LogP contribution in [-0.4, -0.2) is 31.0 Å². The molecule has 9 heteroatoms. The molecule has 0 aliphatic heterocycles. The summed E-state index contributed by atoms with van der Waals surface area (Å²) in [5.41, 5.74) is 0. The van der Waals surface area contributed by atoms with Gasteiger partial charge in [0, 0.05) is 0 Å². The van der Waals surface area contributed by atoms with Gasteiger partial charge in [-0.25, -0.2) is 8.42 Å². The van der Waals surface area contributed by atoms with E-state index in [4.69, 9.17) is 16.3 Å². The van der Waals surface area contributed by atoms with E-state index < -0.39 is 25.6 Å². The van der Waals surface area contributed by atoms with Crippen LogP contribution >= 0.6 is 11.6 Å². The number of ether oxygens (including phenoxy) is 1. The van der Waals surface area contributed by atoms with Gasteiger partial charge in [0.05, 0.1) is 6.61 Å². The number of nitrogens with zero attached hydrogens (tertiary/aromatic N) is 1. The summed E-state index contributed by atoms with van der Waals surface area (Å²) in [7, 11) is -4.77. The van der Waals surface area contributed by atoms with Crippen molar-refractivity contribution >= 4 is 21.4 Å². The Morgan fingerprint density at radius 1 is 1.60 bits per heavy atom. The van der Waals surface area contributed by atoms with E-state index in [0.717, 1.165) is 0 Å². The molecule has 1 N–H and O–H groups in total. The zero-order valence-corrected chi connectivity index (χ0v) is 9.07. The zero-order valence-electron chi connectivity index (χ0n) is 7.50. The lowest BCUT2D eigenvalue weighted by Crippen LogP contribution is -2.12. The number of halogens is 3. The summed E-state index contributed by atoms with van der Waals surface area (Å²) in [5, 5.41) is 3.98. The molecule has 0 aliphatic rings. The Hall–Kier alpha value is -0.890. The van der Waals surface area contributed by atoms with Gasteiger partial charge in [-0.2, -0.15) is 8.78 Å². The minimum absolute atomic E-state index is 0.193. The number of sulfone groups is 1. The molecular formula is C6H7ClF2N2O3S. The molecule has 1 heterocycles. The first-order valence-corrected chi connectivity index (χ1v) is 5.72. The number of H-pyrrole nitrogens is 1. The molecule has 0 aromatic carbocycles. The second kappa shape index (κ2) is 4.31. The highest BCUT2D eigenvalue weighted by atomic mass is 35.5. The standard InChI is InChI=1S/C6H7ClF2N2O3S/c1-2-14-4-3(7)5(11-10-4)15(12,13)6(8)9/h6H,2H2,1H3,(H,10,11). The Morgan fingerprint density at radius 3 is 2.67 bits per heavy atom.